The van der Waals surface area contributed by atoms with E-state index in [0.717, 1.165) is 40.8 Å². The van der Waals surface area contributed by atoms with Crippen molar-refractivity contribution in [3.05, 3.63) is 46.6 Å². The molecule has 1 aromatic carbocycles. The lowest BCUT2D eigenvalue weighted by molar-refractivity contribution is 0.0697. The molecule has 0 amide bonds. The number of hydrogen-bond acceptors (Lipinski definition) is 6. The average molecular weight is 415 g/mol. The molecular weight excluding hydrogens is 392 g/mol. The number of benzene rings is 1. The van der Waals surface area contributed by atoms with Crippen LogP contribution in [-0.2, 0) is 12.8 Å². The van der Waals surface area contributed by atoms with Crippen molar-refractivity contribution in [3.8, 4) is 5.75 Å². The number of aromatic carboxylic acids is 1. The molecule has 5 nitrogen and oxygen atoms in total. The molecule has 0 spiro atoms. The molecule has 0 saturated heterocycles. The van der Waals surface area contributed by atoms with E-state index in [-0.39, 0.29) is 5.56 Å². The van der Waals surface area contributed by atoms with Crippen LogP contribution in [0.15, 0.2) is 35.6 Å². The number of ether oxygens (including phenoxy) is 1. The molecule has 2 aromatic heterocycles. The van der Waals surface area contributed by atoms with Crippen LogP contribution in [0.25, 0.3) is 10.2 Å². The van der Waals surface area contributed by atoms with Crippen molar-refractivity contribution in [3.63, 3.8) is 0 Å². The lowest BCUT2D eigenvalue weighted by Gasteiger charge is -2.18. The van der Waals surface area contributed by atoms with Gasteiger partial charge in [0.15, 0.2) is 0 Å². The molecule has 1 aliphatic rings. The Labute approximate surface area is 172 Å². The van der Waals surface area contributed by atoms with Gasteiger partial charge >= 0.3 is 5.97 Å². The Bertz CT molecular complexity index is 985. The van der Waals surface area contributed by atoms with Crippen molar-refractivity contribution in [1.82, 2.24) is 9.97 Å². The lowest BCUT2D eigenvalue weighted by Crippen LogP contribution is -2.08. The Morgan fingerprint density at radius 2 is 2.14 bits per heavy atom. The van der Waals surface area contributed by atoms with Crippen LogP contribution in [0.5, 0.6) is 5.75 Å². The number of aryl methyl sites for hydroxylation is 1. The van der Waals surface area contributed by atoms with Crippen LogP contribution in [0.4, 0.5) is 0 Å². The highest BCUT2D eigenvalue weighted by molar-refractivity contribution is 7.99. The number of fused-ring (bicyclic) bond motifs is 3. The van der Waals surface area contributed by atoms with Gasteiger partial charge in [-0.2, -0.15) is 0 Å². The molecule has 7 heteroatoms. The molecule has 0 saturated carbocycles. The summed E-state index contributed by atoms with van der Waals surface area (Å²) in [6.45, 7) is 2.91. The second-order valence-corrected chi connectivity index (χ2v) is 9.26. The Morgan fingerprint density at radius 3 is 2.93 bits per heavy atom. The van der Waals surface area contributed by atoms with Crippen molar-refractivity contribution in [2.75, 3.05) is 12.4 Å². The van der Waals surface area contributed by atoms with Gasteiger partial charge in [-0.25, -0.2) is 14.8 Å². The molecule has 0 fully saturated rings. The molecule has 1 aliphatic carbocycles. The van der Waals surface area contributed by atoms with E-state index in [1.165, 1.54) is 22.2 Å². The summed E-state index contributed by atoms with van der Waals surface area (Å²) in [7, 11) is 0. The van der Waals surface area contributed by atoms with Gasteiger partial charge < -0.3 is 9.84 Å². The fourth-order valence-corrected chi connectivity index (χ4v) is 5.82. The van der Waals surface area contributed by atoms with E-state index < -0.39 is 5.97 Å². The van der Waals surface area contributed by atoms with Crippen LogP contribution in [-0.4, -0.2) is 33.4 Å². The summed E-state index contributed by atoms with van der Waals surface area (Å²) < 4.78 is 5.72. The normalized spacial score (nSPS) is 16.1. The van der Waals surface area contributed by atoms with Crippen LogP contribution in [0, 0.1) is 5.92 Å². The molecule has 0 aliphatic heterocycles. The van der Waals surface area contributed by atoms with E-state index in [9.17, 15) is 4.79 Å². The first kappa shape index (κ1) is 19.2. The van der Waals surface area contributed by atoms with Gasteiger partial charge in [-0.05, 0) is 61.4 Å². The second kappa shape index (κ2) is 8.49. The summed E-state index contributed by atoms with van der Waals surface area (Å²) in [5, 5.41) is 11.3. The monoisotopic (exact) mass is 414 g/mol. The molecule has 0 bridgehead atoms. The molecule has 4 rings (SSSR count). The molecule has 28 heavy (non-hydrogen) atoms. The summed E-state index contributed by atoms with van der Waals surface area (Å²) in [4.78, 5) is 22.5. The molecular formula is C21H22N2O3S2. The number of nitrogens with zero attached hydrogens (tertiary/aromatic N) is 2. The fourth-order valence-electron chi connectivity index (χ4n) is 3.47. The first-order chi connectivity index (χ1) is 13.6. The fraction of sp³-hybridized carbons (Fsp3) is 0.381. The first-order valence-electron chi connectivity index (χ1n) is 9.46. The third-order valence-corrected chi connectivity index (χ3v) is 7.19. The molecule has 146 valence electrons. The number of hydrogen-bond donors (Lipinski definition) is 1. The Kier molecular flexibility index (Phi) is 5.82. The highest BCUT2D eigenvalue weighted by atomic mass is 32.2. The van der Waals surface area contributed by atoms with Gasteiger partial charge in [0.25, 0.3) is 0 Å². The second-order valence-electron chi connectivity index (χ2n) is 7.09. The van der Waals surface area contributed by atoms with Gasteiger partial charge in [0.1, 0.15) is 21.9 Å². The van der Waals surface area contributed by atoms with Crippen molar-refractivity contribution >= 4 is 39.3 Å². The molecule has 1 N–H and O–H groups in total. The number of rotatable bonds is 7. The maximum Gasteiger partial charge on any atom is 0.335 e. The zero-order chi connectivity index (χ0) is 19.5. The predicted molar refractivity (Wildman–Crippen MR) is 113 cm³/mol. The van der Waals surface area contributed by atoms with Gasteiger partial charge in [-0.1, -0.05) is 6.92 Å². The standard InChI is InChI=1S/C21H22N2O3S2/c1-13-3-8-16-17(11-13)28-20-18(16)19(22-12-23-20)27-10-2-9-26-15-6-4-14(5-7-15)21(24)25/h4-7,12-13H,2-3,8-11H2,1H3,(H,24,25). The maximum absolute atomic E-state index is 10.9. The van der Waals surface area contributed by atoms with Crippen LogP contribution >= 0.6 is 23.1 Å². The zero-order valence-electron chi connectivity index (χ0n) is 15.7. The first-order valence-corrected chi connectivity index (χ1v) is 11.3. The van der Waals surface area contributed by atoms with E-state index in [4.69, 9.17) is 9.84 Å². The molecule has 0 radical (unpaired) electrons. The van der Waals surface area contributed by atoms with Gasteiger partial charge in [0.2, 0.25) is 0 Å². The van der Waals surface area contributed by atoms with Gasteiger partial charge in [0, 0.05) is 16.0 Å². The zero-order valence-corrected chi connectivity index (χ0v) is 17.3. The summed E-state index contributed by atoms with van der Waals surface area (Å²) in [5.74, 6) is 1.44. The average Bonchev–Trinajstić information content (AvgIpc) is 3.06. The number of thioether (sulfide) groups is 1. The van der Waals surface area contributed by atoms with Gasteiger partial charge in [0.05, 0.1) is 12.2 Å². The molecule has 1 atom stereocenters. The van der Waals surface area contributed by atoms with Crippen LogP contribution in [0.1, 0.15) is 40.6 Å². The van der Waals surface area contributed by atoms with Crippen LogP contribution < -0.4 is 4.74 Å². The van der Waals surface area contributed by atoms with Gasteiger partial charge in [-0.15, -0.1) is 23.1 Å². The minimum atomic E-state index is -0.927. The van der Waals surface area contributed by atoms with Crippen molar-refractivity contribution in [1.29, 1.82) is 0 Å². The van der Waals surface area contributed by atoms with Gasteiger partial charge in [-0.3, -0.25) is 0 Å². The number of carboxylic acid groups (broad SMARTS) is 1. The topological polar surface area (TPSA) is 72.3 Å². The van der Waals surface area contributed by atoms with Crippen LogP contribution in [0.3, 0.4) is 0 Å². The summed E-state index contributed by atoms with van der Waals surface area (Å²) in [6, 6.07) is 6.52. The number of carbonyl (C=O) groups is 1. The number of thiophene rings is 1. The third kappa shape index (κ3) is 4.15. The quantitative estimate of drug-likeness (QED) is 0.330. The Morgan fingerprint density at radius 1 is 1.32 bits per heavy atom. The summed E-state index contributed by atoms with van der Waals surface area (Å²) in [5.41, 5.74) is 1.74. The highest BCUT2D eigenvalue weighted by Crippen LogP contribution is 2.40. The summed E-state index contributed by atoms with van der Waals surface area (Å²) in [6.07, 6.45) is 6.10. The largest absolute Gasteiger partial charge is 0.494 e. The minimum Gasteiger partial charge on any atom is -0.494 e. The van der Waals surface area contributed by atoms with E-state index in [0.29, 0.717) is 12.4 Å². The third-order valence-electron chi connectivity index (χ3n) is 4.95. The van der Waals surface area contributed by atoms with E-state index in [2.05, 4.69) is 16.9 Å². The maximum atomic E-state index is 10.9. The minimum absolute atomic E-state index is 0.268. The lowest BCUT2D eigenvalue weighted by atomic mass is 9.89. The molecule has 1 unspecified atom stereocenters. The van der Waals surface area contributed by atoms with E-state index in [1.54, 1.807) is 42.4 Å². The Hall–Kier alpha value is -2.12. The smallest absolute Gasteiger partial charge is 0.335 e. The van der Waals surface area contributed by atoms with Crippen molar-refractivity contribution in [2.45, 2.75) is 37.6 Å². The summed E-state index contributed by atoms with van der Waals surface area (Å²) >= 11 is 3.60. The van der Waals surface area contributed by atoms with E-state index >= 15 is 0 Å². The van der Waals surface area contributed by atoms with Crippen molar-refractivity contribution < 1.29 is 14.6 Å². The molecule has 3 aromatic rings. The molecule has 2 heterocycles. The SMILES string of the molecule is CC1CCc2c(sc3ncnc(SCCCOc4ccc(C(=O)O)cc4)c23)C1. The Balaban J connectivity index is 1.34. The van der Waals surface area contributed by atoms with Crippen LogP contribution in [0.2, 0.25) is 0 Å². The number of carboxylic acids is 1. The predicted octanol–water partition coefficient (Wildman–Crippen LogP) is 5.08. The number of aromatic nitrogens is 2. The van der Waals surface area contributed by atoms with E-state index in [1.807, 2.05) is 11.3 Å². The van der Waals surface area contributed by atoms with Crippen molar-refractivity contribution in [2.24, 2.45) is 5.92 Å². The highest BCUT2D eigenvalue weighted by Gasteiger charge is 2.23.